The van der Waals surface area contributed by atoms with E-state index in [1.54, 1.807) is 0 Å². The molecule has 0 aliphatic rings. The fourth-order valence-electron chi connectivity index (χ4n) is 1.17. The maximum atomic E-state index is 10.7. The summed E-state index contributed by atoms with van der Waals surface area (Å²) in [4.78, 5) is 16.8. The lowest BCUT2D eigenvalue weighted by atomic mass is 10.2. The maximum Gasteiger partial charge on any atom is 0.337 e. The quantitative estimate of drug-likeness (QED) is 0.700. The molecule has 0 bridgehead atoms. The van der Waals surface area contributed by atoms with Gasteiger partial charge in [0.2, 0.25) is 0 Å². The molecular formula is C11H18N4O2. The summed E-state index contributed by atoms with van der Waals surface area (Å²) in [6.45, 7) is 2.76. The first-order valence-electron chi connectivity index (χ1n) is 5.31. The third-order valence-electron chi connectivity index (χ3n) is 2.61. The van der Waals surface area contributed by atoms with E-state index in [9.17, 15) is 4.79 Å². The van der Waals surface area contributed by atoms with E-state index in [0.29, 0.717) is 24.1 Å². The highest BCUT2D eigenvalue weighted by Gasteiger charge is 2.09. The van der Waals surface area contributed by atoms with Crippen LogP contribution in [0.4, 0.5) is 11.5 Å². The van der Waals surface area contributed by atoms with Gasteiger partial charge in [-0.1, -0.05) is 0 Å². The number of carboxylic acid groups (broad SMARTS) is 1. The molecule has 0 spiro atoms. The number of rotatable bonds is 5. The number of carboxylic acids is 1. The van der Waals surface area contributed by atoms with Gasteiger partial charge in [-0.15, -0.1) is 0 Å². The Bertz CT molecular complexity index is 406. The SMILES string of the molecule is CC(CNc1ncc(C(=O)O)cc1N)N(C)C. The van der Waals surface area contributed by atoms with Crippen molar-refractivity contribution in [3.05, 3.63) is 17.8 Å². The number of nitrogens with one attached hydrogen (secondary N) is 1. The Morgan fingerprint density at radius 3 is 2.76 bits per heavy atom. The van der Waals surface area contributed by atoms with E-state index in [0.717, 1.165) is 0 Å². The Morgan fingerprint density at radius 2 is 2.29 bits per heavy atom. The number of nitrogen functional groups attached to an aromatic ring is 1. The molecule has 0 radical (unpaired) electrons. The Balaban J connectivity index is 2.70. The lowest BCUT2D eigenvalue weighted by Gasteiger charge is -2.20. The number of nitrogens with zero attached hydrogens (tertiary/aromatic N) is 2. The topological polar surface area (TPSA) is 91.5 Å². The monoisotopic (exact) mass is 238 g/mol. The second-order valence-electron chi connectivity index (χ2n) is 4.16. The summed E-state index contributed by atoms with van der Waals surface area (Å²) in [5.74, 6) is -0.513. The van der Waals surface area contributed by atoms with E-state index in [-0.39, 0.29) is 5.56 Å². The number of hydrogen-bond acceptors (Lipinski definition) is 5. The van der Waals surface area contributed by atoms with E-state index in [2.05, 4.69) is 22.1 Å². The molecule has 1 aromatic heterocycles. The van der Waals surface area contributed by atoms with Gasteiger partial charge < -0.3 is 21.1 Å². The average molecular weight is 238 g/mol. The van der Waals surface area contributed by atoms with Crippen LogP contribution in [0.3, 0.4) is 0 Å². The molecule has 6 nitrogen and oxygen atoms in total. The number of hydrogen-bond donors (Lipinski definition) is 3. The Morgan fingerprint density at radius 1 is 1.65 bits per heavy atom. The Labute approximate surface area is 100 Å². The number of nitrogens with two attached hydrogens (primary N) is 1. The van der Waals surface area contributed by atoms with Crippen molar-refractivity contribution in [1.29, 1.82) is 0 Å². The first-order chi connectivity index (χ1) is 7.91. The first kappa shape index (κ1) is 13.2. The van der Waals surface area contributed by atoms with Crippen LogP contribution < -0.4 is 11.1 Å². The summed E-state index contributed by atoms with van der Waals surface area (Å²) in [5.41, 5.74) is 6.15. The summed E-state index contributed by atoms with van der Waals surface area (Å²) < 4.78 is 0. The van der Waals surface area contributed by atoms with Gasteiger partial charge in [0.15, 0.2) is 0 Å². The maximum absolute atomic E-state index is 10.7. The lowest BCUT2D eigenvalue weighted by molar-refractivity contribution is 0.0696. The minimum atomic E-state index is -1.03. The molecule has 1 aromatic rings. The van der Waals surface area contributed by atoms with Crippen LogP contribution in [0.1, 0.15) is 17.3 Å². The number of likely N-dealkylation sites (N-methyl/N-ethyl adjacent to an activating group) is 1. The van der Waals surface area contributed by atoms with Crippen LogP contribution in [0.15, 0.2) is 12.3 Å². The second kappa shape index (κ2) is 5.49. The molecule has 1 unspecified atom stereocenters. The highest BCUT2D eigenvalue weighted by atomic mass is 16.4. The van der Waals surface area contributed by atoms with Gasteiger partial charge in [0.05, 0.1) is 11.3 Å². The molecule has 0 saturated heterocycles. The summed E-state index contributed by atoms with van der Waals surface area (Å²) >= 11 is 0. The molecule has 1 atom stereocenters. The predicted octanol–water partition coefficient (Wildman–Crippen LogP) is 0.724. The summed E-state index contributed by atoms with van der Waals surface area (Å²) in [6, 6.07) is 1.73. The molecule has 0 aliphatic heterocycles. The van der Waals surface area contributed by atoms with Gasteiger partial charge in [-0.25, -0.2) is 9.78 Å². The number of carbonyl (C=O) groups is 1. The molecule has 0 fully saturated rings. The first-order valence-corrected chi connectivity index (χ1v) is 5.31. The highest BCUT2D eigenvalue weighted by Crippen LogP contribution is 2.16. The highest BCUT2D eigenvalue weighted by molar-refractivity contribution is 5.89. The van der Waals surface area contributed by atoms with Gasteiger partial charge in [0.1, 0.15) is 5.82 Å². The zero-order valence-electron chi connectivity index (χ0n) is 10.3. The van der Waals surface area contributed by atoms with Crippen molar-refractivity contribution in [3.63, 3.8) is 0 Å². The van der Waals surface area contributed by atoms with E-state index >= 15 is 0 Å². The zero-order valence-corrected chi connectivity index (χ0v) is 10.3. The average Bonchev–Trinajstić information content (AvgIpc) is 2.26. The standard InChI is InChI=1S/C11H18N4O2/c1-7(15(2)3)5-13-10-9(12)4-8(6-14-10)11(16)17/h4,6-7H,5,12H2,1-3H3,(H,13,14)(H,16,17). The molecule has 0 aliphatic carbocycles. The van der Waals surface area contributed by atoms with Crippen molar-refractivity contribution >= 4 is 17.5 Å². The van der Waals surface area contributed by atoms with Crippen molar-refractivity contribution in [3.8, 4) is 0 Å². The Hall–Kier alpha value is -1.82. The molecule has 1 rings (SSSR count). The number of aromatic carboxylic acids is 1. The van der Waals surface area contributed by atoms with Gasteiger partial charge >= 0.3 is 5.97 Å². The largest absolute Gasteiger partial charge is 0.478 e. The van der Waals surface area contributed by atoms with Gasteiger partial charge in [0, 0.05) is 18.8 Å². The molecule has 1 heterocycles. The summed E-state index contributed by atoms with van der Waals surface area (Å²) in [5, 5.41) is 11.9. The lowest BCUT2D eigenvalue weighted by Crippen LogP contribution is -2.31. The van der Waals surface area contributed by atoms with Gasteiger partial charge in [-0.05, 0) is 27.1 Å². The Kier molecular flexibility index (Phi) is 4.28. The fourth-order valence-corrected chi connectivity index (χ4v) is 1.17. The van der Waals surface area contributed by atoms with Gasteiger partial charge in [-0.2, -0.15) is 0 Å². The van der Waals surface area contributed by atoms with Gasteiger partial charge in [0.25, 0.3) is 0 Å². The normalized spacial score (nSPS) is 12.5. The number of aromatic nitrogens is 1. The minimum Gasteiger partial charge on any atom is -0.478 e. The summed E-state index contributed by atoms with van der Waals surface area (Å²) in [7, 11) is 3.97. The van der Waals surface area contributed by atoms with E-state index in [1.165, 1.54) is 12.3 Å². The van der Waals surface area contributed by atoms with Crippen molar-refractivity contribution in [2.45, 2.75) is 13.0 Å². The predicted molar refractivity (Wildman–Crippen MR) is 67.2 cm³/mol. The van der Waals surface area contributed by atoms with Crippen molar-refractivity contribution in [2.24, 2.45) is 0 Å². The second-order valence-corrected chi connectivity index (χ2v) is 4.16. The molecule has 4 N–H and O–H groups in total. The smallest absolute Gasteiger partial charge is 0.337 e. The van der Waals surface area contributed by atoms with Crippen LogP contribution in [0, 0.1) is 0 Å². The fraction of sp³-hybridized carbons (Fsp3) is 0.455. The van der Waals surface area contributed by atoms with Crippen LogP contribution in [-0.4, -0.2) is 47.6 Å². The van der Waals surface area contributed by atoms with Crippen LogP contribution >= 0.6 is 0 Å². The van der Waals surface area contributed by atoms with Crippen molar-refractivity contribution < 1.29 is 9.90 Å². The minimum absolute atomic E-state index is 0.0914. The molecule has 0 aromatic carbocycles. The van der Waals surface area contributed by atoms with Crippen LogP contribution in [0.25, 0.3) is 0 Å². The van der Waals surface area contributed by atoms with Crippen molar-refractivity contribution in [1.82, 2.24) is 9.88 Å². The molecular weight excluding hydrogens is 220 g/mol. The van der Waals surface area contributed by atoms with E-state index in [1.807, 2.05) is 14.1 Å². The number of pyridine rings is 1. The van der Waals surface area contributed by atoms with Gasteiger partial charge in [-0.3, -0.25) is 0 Å². The zero-order chi connectivity index (χ0) is 13.0. The van der Waals surface area contributed by atoms with E-state index in [4.69, 9.17) is 10.8 Å². The van der Waals surface area contributed by atoms with Crippen molar-refractivity contribution in [2.75, 3.05) is 31.7 Å². The molecule has 6 heteroatoms. The van der Waals surface area contributed by atoms with E-state index < -0.39 is 5.97 Å². The molecule has 17 heavy (non-hydrogen) atoms. The van der Waals surface area contributed by atoms with Crippen LogP contribution in [0.5, 0.6) is 0 Å². The molecule has 94 valence electrons. The molecule has 0 amide bonds. The van der Waals surface area contributed by atoms with Crippen LogP contribution in [0.2, 0.25) is 0 Å². The van der Waals surface area contributed by atoms with Crippen LogP contribution in [-0.2, 0) is 0 Å². The molecule has 0 saturated carbocycles. The third-order valence-corrected chi connectivity index (χ3v) is 2.61. The third kappa shape index (κ3) is 3.60. The summed E-state index contributed by atoms with van der Waals surface area (Å²) in [6.07, 6.45) is 1.29. The number of anilines is 2.